The maximum Gasteiger partial charge on any atom is 0.303 e. The van der Waals surface area contributed by atoms with E-state index in [9.17, 15) is 4.79 Å². The Morgan fingerprint density at radius 2 is 1.89 bits per heavy atom. The standard InChI is InChI=1S/C15H16N2O2/c18-15(19)7-2-1-4-12-5-3-6-13(8-12)14-9-16-11-17-10-14/h3,5-6,8-11H,1-2,4,7H2,(H,18,19). The molecule has 0 aliphatic heterocycles. The highest BCUT2D eigenvalue weighted by molar-refractivity contribution is 5.66. The molecular formula is C15H16N2O2. The van der Waals surface area contributed by atoms with Gasteiger partial charge in [-0.15, -0.1) is 0 Å². The van der Waals surface area contributed by atoms with Gasteiger partial charge in [-0.05, 0) is 30.4 Å². The Balaban J connectivity index is 1.98. The molecule has 4 nitrogen and oxygen atoms in total. The van der Waals surface area contributed by atoms with Crippen molar-refractivity contribution in [3.05, 3.63) is 48.5 Å². The van der Waals surface area contributed by atoms with Crippen LogP contribution in [-0.2, 0) is 11.2 Å². The molecule has 0 radical (unpaired) electrons. The number of carbonyl (C=O) groups is 1. The second kappa shape index (κ2) is 6.64. The van der Waals surface area contributed by atoms with Gasteiger partial charge in [0.1, 0.15) is 6.33 Å². The zero-order valence-corrected chi connectivity index (χ0v) is 10.6. The number of benzene rings is 1. The van der Waals surface area contributed by atoms with Crippen molar-refractivity contribution in [3.63, 3.8) is 0 Å². The van der Waals surface area contributed by atoms with Gasteiger partial charge in [0.2, 0.25) is 0 Å². The van der Waals surface area contributed by atoms with Gasteiger partial charge in [0.15, 0.2) is 0 Å². The quantitative estimate of drug-likeness (QED) is 0.807. The van der Waals surface area contributed by atoms with E-state index in [0.29, 0.717) is 6.42 Å². The maximum atomic E-state index is 10.4. The van der Waals surface area contributed by atoms with Gasteiger partial charge in [0.25, 0.3) is 0 Å². The van der Waals surface area contributed by atoms with E-state index in [2.05, 4.69) is 22.1 Å². The lowest BCUT2D eigenvalue weighted by molar-refractivity contribution is -0.137. The lowest BCUT2D eigenvalue weighted by atomic mass is 10.0. The summed E-state index contributed by atoms with van der Waals surface area (Å²) < 4.78 is 0. The van der Waals surface area contributed by atoms with Gasteiger partial charge in [-0.1, -0.05) is 24.3 Å². The minimum atomic E-state index is -0.727. The fourth-order valence-corrected chi connectivity index (χ4v) is 1.96. The summed E-state index contributed by atoms with van der Waals surface area (Å²) in [6, 6.07) is 8.21. The van der Waals surface area contributed by atoms with Crippen LogP contribution in [0.1, 0.15) is 24.8 Å². The van der Waals surface area contributed by atoms with E-state index in [-0.39, 0.29) is 6.42 Å². The molecule has 1 aromatic heterocycles. The average molecular weight is 256 g/mol. The highest BCUT2D eigenvalue weighted by atomic mass is 16.4. The highest BCUT2D eigenvalue weighted by Gasteiger charge is 2.01. The smallest absolute Gasteiger partial charge is 0.303 e. The van der Waals surface area contributed by atoms with E-state index in [0.717, 1.165) is 24.0 Å². The van der Waals surface area contributed by atoms with E-state index in [1.54, 1.807) is 12.4 Å². The van der Waals surface area contributed by atoms with Gasteiger partial charge in [0, 0.05) is 24.4 Å². The number of hydrogen-bond acceptors (Lipinski definition) is 3. The lowest BCUT2D eigenvalue weighted by Crippen LogP contribution is -1.95. The van der Waals surface area contributed by atoms with Crippen LogP contribution in [0.4, 0.5) is 0 Å². The highest BCUT2D eigenvalue weighted by Crippen LogP contribution is 2.19. The second-order valence-electron chi connectivity index (χ2n) is 4.43. The third-order valence-electron chi connectivity index (χ3n) is 2.93. The molecule has 0 bridgehead atoms. The van der Waals surface area contributed by atoms with Crippen LogP contribution >= 0.6 is 0 Å². The molecule has 0 saturated heterocycles. The van der Waals surface area contributed by atoms with Crippen molar-refractivity contribution in [2.45, 2.75) is 25.7 Å². The number of rotatable bonds is 6. The summed E-state index contributed by atoms with van der Waals surface area (Å²) in [6.45, 7) is 0. The average Bonchev–Trinajstić information content (AvgIpc) is 2.45. The third kappa shape index (κ3) is 4.17. The number of aromatic nitrogens is 2. The van der Waals surface area contributed by atoms with E-state index in [1.807, 2.05) is 12.1 Å². The molecule has 0 fully saturated rings. The molecule has 98 valence electrons. The number of nitrogens with zero attached hydrogens (tertiary/aromatic N) is 2. The molecule has 0 spiro atoms. The molecule has 1 heterocycles. The summed E-state index contributed by atoms with van der Waals surface area (Å²) in [6.07, 6.45) is 7.84. The Hall–Kier alpha value is -2.23. The molecule has 0 atom stereocenters. The van der Waals surface area contributed by atoms with Gasteiger partial charge in [-0.3, -0.25) is 4.79 Å². The van der Waals surface area contributed by atoms with Crippen LogP contribution in [0.15, 0.2) is 43.0 Å². The SMILES string of the molecule is O=C(O)CCCCc1cccc(-c2cncnc2)c1. The predicted molar refractivity (Wildman–Crippen MR) is 72.7 cm³/mol. The molecule has 2 rings (SSSR count). The summed E-state index contributed by atoms with van der Waals surface area (Å²) >= 11 is 0. The molecule has 1 N–H and O–H groups in total. The summed E-state index contributed by atoms with van der Waals surface area (Å²) in [7, 11) is 0. The zero-order chi connectivity index (χ0) is 13.5. The third-order valence-corrected chi connectivity index (χ3v) is 2.93. The zero-order valence-electron chi connectivity index (χ0n) is 10.6. The van der Waals surface area contributed by atoms with E-state index >= 15 is 0 Å². The van der Waals surface area contributed by atoms with E-state index < -0.39 is 5.97 Å². The van der Waals surface area contributed by atoms with Crippen molar-refractivity contribution in [1.82, 2.24) is 9.97 Å². The normalized spacial score (nSPS) is 10.3. The summed E-state index contributed by atoms with van der Waals surface area (Å²) in [4.78, 5) is 18.5. The topological polar surface area (TPSA) is 63.1 Å². The molecule has 19 heavy (non-hydrogen) atoms. The summed E-state index contributed by atoms with van der Waals surface area (Å²) in [5.41, 5.74) is 3.30. The van der Waals surface area contributed by atoms with Crippen LogP contribution in [0.5, 0.6) is 0 Å². The van der Waals surface area contributed by atoms with Crippen LogP contribution in [-0.4, -0.2) is 21.0 Å². The number of hydrogen-bond donors (Lipinski definition) is 1. The van der Waals surface area contributed by atoms with Gasteiger partial charge in [-0.2, -0.15) is 0 Å². The Morgan fingerprint density at radius 3 is 2.63 bits per heavy atom. The summed E-state index contributed by atoms with van der Waals surface area (Å²) in [5.74, 6) is -0.727. The minimum Gasteiger partial charge on any atom is -0.481 e. The largest absolute Gasteiger partial charge is 0.481 e. The Kier molecular flexibility index (Phi) is 4.61. The van der Waals surface area contributed by atoms with Crippen molar-refractivity contribution in [2.75, 3.05) is 0 Å². The molecule has 0 saturated carbocycles. The van der Waals surface area contributed by atoms with Crippen LogP contribution < -0.4 is 0 Å². The van der Waals surface area contributed by atoms with Crippen molar-refractivity contribution < 1.29 is 9.90 Å². The first-order chi connectivity index (χ1) is 9.25. The van der Waals surface area contributed by atoms with Crippen LogP contribution in [0, 0.1) is 0 Å². The monoisotopic (exact) mass is 256 g/mol. The van der Waals surface area contributed by atoms with Crippen molar-refractivity contribution in [1.29, 1.82) is 0 Å². The molecule has 2 aromatic rings. The first kappa shape index (κ1) is 13.2. The van der Waals surface area contributed by atoms with Crippen molar-refractivity contribution >= 4 is 5.97 Å². The Bertz CT molecular complexity index is 541. The molecule has 0 aliphatic rings. The van der Waals surface area contributed by atoms with Crippen molar-refractivity contribution in [3.8, 4) is 11.1 Å². The fraction of sp³-hybridized carbons (Fsp3) is 0.267. The number of carboxylic acid groups (broad SMARTS) is 1. The lowest BCUT2D eigenvalue weighted by Gasteiger charge is -2.04. The molecule has 0 aliphatic carbocycles. The second-order valence-corrected chi connectivity index (χ2v) is 4.43. The van der Waals surface area contributed by atoms with Crippen molar-refractivity contribution in [2.24, 2.45) is 0 Å². The first-order valence-corrected chi connectivity index (χ1v) is 6.32. The molecule has 0 amide bonds. The number of carboxylic acids is 1. The van der Waals surface area contributed by atoms with Gasteiger partial charge < -0.3 is 5.11 Å². The van der Waals surface area contributed by atoms with Crippen LogP contribution in [0.25, 0.3) is 11.1 Å². The maximum absolute atomic E-state index is 10.4. The van der Waals surface area contributed by atoms with E-state index in [4.69, 9.17) is 5.11 Å². The Labute approximate surface area is 112 Å². The van der Waals surface area contributed by atoms with Crippen LogP contribution in [0.2, 0.25) is 0 Å². The predicted octanol–water partition coefficient (Wildman–Crippen LogP) is 2.94. The van der Waals surface area contributed by atoms with Gasteiger partial charge in [-0.25, -0.2) is 9.97 Å². The molecule has 0 unspecified atom stereocenters. The summed E-state index contributed by atoms with van der Waals surface area (Å²) in [5, 5.41) is 8.59. The number of aliphatic carboxylic acids is 1. The van der Waals surface area contributed by atoms with Gasteiger partial charge in [0.05, 0.1) is 0 Å². The Morgan fingerprint density at radius 1 is 1.11 bits per heavy atom. The van der Waals surface area contributed by atoms with Gasteiger partial charge >= 0.3 is 5.97 Å². The van der Waals surface area contributed by atoms with Crippen LogP contribution in [0.3, 0.4) is 0 Å². The molecule has 1 aromatic carbocycles. The number of aryl methyl sites for hydroxylation is 1. The minimum absolute atomic E-state index is 0.242. The first-order valence-electron chi connectivity index (χ1n) is 6.32. The fourth-order valence-electron chi connectivity index (χ4n) is 1.96. The van der Waals surface area contributed by atoms with E-state index in [1.165, 1.54) is 11.9 Å². The molecule has 4 heteroatoms. The number of unbranched alkanes of at least 4 members (excludes halogenated alkanes) is 1. The molecular weight excluding hydrogens is 240 g/mol.